The van der Waals surface area contributed by atoms with Crippen LogP contribution in [0, 0.1) is 0 Å². The van der Waals surface area contributed by atoms with E-state index in [0.29, 0.717) is 17.9 Å². The summed E-state index contributed by atoms with van der Waals surface area (Å²) in [7, 11) is -3.93. The van der Waals surface area contributed by atoms with Crippen molar-refractivity contribution in [2.24, 2.45) is 0 Å². The molecule has 0 spiro atoms. The van der Waals surface area contributed by atoms with Crippen molar-refractivity contribution in [1.82, 2.24) is 14.7 Å². The van der Waals surface area contributed by atoms with Crippen molar-refractivity contribution in [3.05, 3.63) is 108 Å². The number of nitrogens with zero attached hydrogens (tertiary/aromatic N) is 2. The van der Waals surface area contributed by atoms with Gasteiger partial charge in [-0.25, -0.2) is 23.1 Å². The Bertz CT molecular complexity index is 1380. The monoisotopic (exact) mass is 488 g/mol. The first-order chi connectivity index (χ1) is 16.9. The molecule has 4 rings (SSSR count). The summed E-state index contributed by atoms with van der Waals surface area (Å²) in [5.74, 6) is -0.686. The zero-order chi connectivity index (χ0) is 24.7. The fourth-order valence-corrected chi connectivity index (χ4v) is 4.73. The summed E-state index contributed by atoms with van der Waals surface area (Å²) in [5, 5.41) is 11.6. The Morgan fingerprint density at radius 3 is 2.26 bits per heavy atom. The van der Waals surface area contributed by atoms with E-state index in [1.165, 1.54) is 12.3 Å². The van der Waals surface area contributed by atoms with Crippen LogP contribution in [0.15, 0.2) is 102 Å². The maximum Gasteiger partial charge on any atom is 0.322 e. The van der Waals surface area contributed by atoms with Crippen molar-refractivity contribution >= 4 is 21.8 Å². The van der Waals surface area contributed by atoms with Crippen LogP contribution in [-0.2, 0) is 21.2 Å². The van der Waals surface area contributed by atoms with E-state index < -0.39 is 22.0 Å². The molecule has 0 aliphatic heterocycles. The lowest BCUT2D eigenvalue weighted by molar-refractivity contribution is -0.134. The molecule has 1 unspecified atom stereocenters. The first kappa shape index (κ1) is 24.1. The summed E-state index contributed by atoms with van der Waals surface area (Å²) in [6, 6.07) is 26.9. The zero-order valence-corrected chi connectivity index (χ0v) is 19.5. The molecule has 1 atom stereocenters. The van der Waals surface area contributed by atoms with Gasteiger partial charge in [-0.2, -0.15) is 0 Å². The van der Waals surface area contributed by atoms with E-state index in [9.17, 15) is 13.2 Å². The number of anilines is 1. The van der Waals surface area contributed by atoms with E-state index in [1.807, 2.05) is 54.6 Å². The number of aromatic nitrogens is 2. The topological polar surface area (TPSA) is 121 Å². The summed E-state index contributed by atoms with van der Waals surface area (Å²) in [6.45, 7) is -0.304. The predicted octanol–water partition coefficient (Wildman–Crippen LogP) is 3.90. The van der Waals surface area contributed by atoms with Gasteiger partial charge < -0.3 is 10.4 Å². The number of sulfonamides is 1. The highest BCUT2D eigenvalue weighted by Crippen LogP contribution is 2.24. The van der Waals surface area contributed by atoms with Gasteiger partial charge in [0.25, 0.3) is 10.0 Å². The van der Waals surface area contributed by atoms with Gasteiger partial charge in [0.05, 0.1) is 11.7 Å². The van der Waals surface area contributed by atoms with E-state index >= 15 is 0 Å². The maximum absolute atomic E-state index is 13.1. The number of hydrogen-bond acceptors (Lipinski definition) is 6. The molecule has 0 saturated carbocycles. The van der Waals surface area contributed by atoms with E-state index in [-0.39, 0.29) is 11.6 Å². The molecular formula is C26H24N4O4S. The standard InChI is InChI=1S/C26H24N4O4S/c31-26(32)18-28-24-10-6-9-22(29-24)23(30-35(33,34)25-11-4-5-16-27-25)17-19-12-14-21(15-13-19)20-7-2-1-3-8-20/h1-16,23,30H,17-18H2,(H,28,29)(H,31,32). The van der Waals surface area contributed by atoms with Crippen LogP contribution in [0.25, 0.3) is 11.1 Å². The minimum atomic E-state index is -3.93. The molecule has 0 amide bonds. The average molecular weight is 489 g/mol. The van der Waals surface area contributed by atoms with Gasteiger partial charge in [-0.3, -0.25) is 4.79 Å². The van der Waals surface area contributed by atoms with Gasteiger partial charge >= 0.3 is 5.97 Å². The number of rotatable bonds is 10. The van der Waals surface area contributed by atoms with Crippen molar-refractivity contribution in [3.63, 3.8) is 0 Å². The maximum atomic E-state index is 13.1. The van der Waals surface area contributed by atoms with Crippen LogP contribution in [0.5, 0.6) is 0 Å². The number of pyridine rings is 2. The van der Waals surface area contributed by atoms with Crippen LogP contribution in [0.4, 0.5) is 5.82 Å². The van der Waals surface area contributed by atoms with Gasteiger partial charge in [0, 0.05) is 6.20 Å². The summed E-state index contributed by atoms with van der Waals surface area (Å²) in [6.07, 6.45) is 1.75. The third-order valence-corrected chi connectivity index (χ3v) is 6.65. The van der Waals surface area contributed by atoms with Gasteiger partial charge in [-0.05, 0) is 47.4 Å². The second kappa shape index (κ2) is 10.9. The zero-order valence-electron chi connectivity index (χ0n) is 18.7. The minimum Gasteiger partial charge on any atom is -0.480 e. The minimum absolute atomic E-state index is 0.0930. The average Bonchev–Trinajstić information content (AvgIpc) is 2.89. The smallest absolute Gasteiger partial charge is 0.322 e. The molecule has 8 nitrogen and oxygen atoms in total. The number of nitrogens with one attached hydrogen (secondary N) is 2. The molecule has 3 N–H and O–H groups in total. The number of aliphatic carboxylic acids is 1. The second-order valence-corrected chi connectivity index (χ2v) is 9.46. The van der Waals surface area contributed by atoms with E-state index in [2.05, 4.69) is 20.0 Å². The van der Waals surface area contributed by atoms with Crippen LogP contribution >= 0.6 is 0 Å². The molecule has 0 fully saturated rings. The third kappa shape index (κ3) is 6.50. The molecule has 0 aliphatic carbocycles. The van der Waals surface area contributed by atoms with Gasteiger partial charge in [0.1, 0.15) is 12.4 Å². The summed E-state index contributed by atoms with van der Waals surface area (Å²) >= 11 is 0. The van der Waals surface area contributed by atoms with Crippen LogP contribution < -0.4 is 10.0 Å². The Kier molecular flexibility index (Phi) is 7.49. The van der Waals surface area contributed by atoms with Gasteiger partial charge in [-0.1, -0.05) is 66.7 Å². The van der Waals surface area contributed by atoms with Crippen molar-refractivity contribution in [2.45, 2.75) is 17.5 Å². The first-order valence-corrected chi connectivity index (χ1v) is 12.4. The summed E-state index contributed by atoms with van der Waals surface area (Å²) in [4.78, 5) is 19.3. The Labute approximate surface area is 203 Å². The van der Waals surface area contributed by atoms with Crippen LogP contribution in [0.3, 0.4) is 0 Å². The Morgan fingerprint density at radius 1 is 0.857 bits per heavy atom. The molecule has 0 bridgehead atoms. The summed E-state index contributed by atoms with van der Waals surface area (Å²) in [5.41, 5.74) is 3.50. The largest absolute Gasteiger partial charge is 0.480 e. The molecule has 4 aromatic rings. The molecule has 9 heteroatoms. The predicted molar refractivity (Wildman–Crippen MR) is 133 cm³/mol. The Balaban J connectivity index is 1.63. The Morgan fingerprint density at radius 2 is 1.57 bits per heavy atom. The molecule has 2 aromatic carbocycles. The van der Waals surface area contributed by atoms with Gasteiger partial charge in [0.2, 0.25) is 0 Å². The highest BCUT2D eigenvalue weighted by molar-refractivity contribution is 7.89. The molecule has 0 radical (unpaired) electrons. The fraction of sp³-hybridized carbons (Fsp3) is 0.115. The molecule has 178 valence electrons. The number of carbonyl (C=O) groups is 1. The van der Waals surface area contributed by atoms with Crippen LogP contribution in [0.2, 0.25) is 0 Å². The number of hydrogen-bond donors (Lipinski definition) is 3. The van der Waals surface area contributed by atoms with E-state index in [1.54, 1.807) is 30.3 Å². The van der Waals surface area contributed by atoms with Crippen molar-refractivity contribution in [2.75, 3.05) is 11.9 Å². The second-order valence-electron chi connectivity index (χ2n) is 7.80. The molecule has 0 saturated heterocycles. The third-order valence-electron chi connectivity index (χ3n) is 5.26. The first-order valence-electron chi connectivity index (χ1n) is 10.9. The van der Waals surface area contributed by atoms with Crippen molar-refractivity contribution in [3.8, 4) is 11.1 Å². The normalized spacial score (nSPS) is 12.1. The molecule has 0 aliphatic rings. The quantitative estimate of drug-likeness (QED) is 0.309. The SMILES string of the molecule is O=C(O)CNc1cccc(C(Cc2ccc(-c3ccccc3)cc2)NS(=O)(=O)c2ccccn2)n1. The van der Waals surface area contributed by atoms with Gasteiger partial charge in [-0.15, -0.1) is 0 Å². The van der Waals surface area contributed by atoms with E-state index in [4.69, 9.17) is 5.11 Å². The lowest BCUT2D eigenvalue weighted by Crippen LogP contribution is -2.31. The number of benzene rings is 2. The van der Waals surface area contributed by atoms with Crippen molar-refractivity contribution < 1.29 is 18.3 Å². The van der Waals surface area contributed by atoms with E-state index in [0.717, 1.165) is 16.7 Å². The lowest BCUT2D eigenvalue weighted by Gasteiger charge is -2.19. The molecule has 35 heavy (non-hydrogen) atoms. The number of carboxylic acid groups (broad SMARTS) is 1. The highest BCUT2D eigenvalue weighted by atomic mass is 32.2. The van der Waals surface area contributed by atoms with Crippen molar-refractivity contribution in [1.29, 1.82) is 0 Å². The number of carboxylic acids is 1. The fourth-order valence-electron chi connectivity index (χ4n) is 3.57. The summed E-state index contributed by atoms with van der Waals surface area (Å²) < 4.78 is 28.8. The van der Waals surface area contributed by atoms with Crippen LogP contribution in [0.1, 0.15) is 17.3 Å². The molecular weight excluding hydrogens is 464 g/mol. The Hall–Kier alpha value is -4.08. The molecule has 2 heterocycles. The molecule has 2 aromatic heterocycles. The van der Waals surface area contributed by atoms with Gasteiger partial charge in [0.15, 0.2) is 5.03 Å². The highest BCUT2D eigenvalue weighted by Gasteiger charge is 2.24. The van der Waals surface area contributed by atoms with Crippen LogP contribution in [-0.4, -0.2) is 36.0 Å². The lowest BCUT2D eigenvalue weighted by atomic mass is 9.99.